The van der Waals surface area contributed by atoms with Gasteiger partial charge in [0.25, 0.3) is 5.56 Å². The molecule has 1 aromatic heterocycles. The van der Waals surface area contributed by atoms with E-state index in [9.17, 15) is 14.4 Å². The summed E-state index contributed by atoms with van der Waals surface area (Å²) in [7, 11) is 1.24. The average molecular weight is 383 g/mol. The number of ether oxygens (including phenoxy) is 1. The van der Waals surface area contributed by atoms with E-state index >= 15 is 0 Å². The first kappa shape index (κ1) is 18.7. The predicted molar refractivity (Wildman–Crippen MR) is 102 cm³/mol. The summed E-state index contributed by atoms with van der Waals surface area (Å²) in [5, 5.41) is -0.166. The van der Waals surface area contributed by atoms with Gasteiger partial charge in [0.15, 0.2) is 5.16 Å². The van der Waals surface area contributed by atoms with E-state index in [-0.39, 0.29) is 17.3 Å². The van der Waals surface area contributed by atoms with Crippen LogP contribution < -0.4 is 11.3 Å². The van der Waals surface area contributed by atoms with Gasteiger partial charge in [-0.3, -0.25) is 19.0 Å². The second kappa shape index (κ2) is 8.05. The van der Waals surface area contributed by atoms with E-state index < -0.39 is 17.1 Å². The second-order valence-corrected chi connectivity index (χ2v) is 6.76. The summed E-state index contributed by atoms with van der Waals surface area (Å²) >= 11 is 1.03. The van der Waals surface area contributed by atoms with Crippen LogP contribution in [0.2, 0.25) is 0 Å². The van der Waals surface area contributed by atoms with Crippen molar-refractivity contribution in [2.24, 2.45) is 5.73 Å². The molecule has 0 saturated heterocycles. The van der Waals surface area contributed by atoms with Crippen molar-refractivity contribution < 1.29 is 14.3 Å². The third-order valence-corrected chi connectivity index (χ3v) is 5.19. The van der Waals surface area contributed by atoms with Crippen LogP contribution >= 0.6 is 11.8 Å². The Kier molecular flexibility index (Phi) is 5.56. The van der Waals surface area contributed by atoms with Gasteiger partial charge in [0.1, 0.15) is 11.8 Å². The number of amides is 1. The number of carbonyl (C=O) groups is 2. The Labute approximate surface area is 159 Å². The van der Waals surface area contributed by atoms with Crippen molar-refractivity contribution in [3.63, 3.8) is 0 Å². The Morgan fingerprint density at radius 2 is 1.81 bits per heavy atom. The molecule has 8 heteroatoms. The van der Waals surface area contributed by atoms with Gasteiger partial charge in [-0.1, -0.05) is 54.2 Å². The molecule has 0 aliphatic heterocycles. The summed E-state index contributed by atoms with van der Waals surface area (Å²) < 4.78 is 5.89. The maximum atomic E-state index is 12.9. The van der Waals surface area contributed by atoms with Crippen molar-refractivity contribution in [2.75, 3.05) is 7.11 Å². The third kappa shape index (κ3) is 4.01. The number of methoxy groups -OCH3 is 1. The van der Waals surface area contributed by atoms with E-state index in [1.165, 1.54) is 11.7 Å². The Balaban J connectivity index is 2.13. The minimum Gasteiger partial charge on any atom is -0.468 e. The van der Waals surface area contributed by atoms with Crippen molar-refractivity contribution in [2.45, 2.75) is 17.0 Å². The molecule has 0 radical (unpaired) electrons. The van der Waals surface area contributed by atoms with Gasteiger partial charge in [0, 0.05) is 0 Å². The summed E-state index contributed by atoms with van der Waals surface area (Å²) in [6, 6.07) is 15.8. The van der Waals surface area contributed by atoms with E-state index in [1.807, 2.05) is 6.07 Å². The number of thioether (sulfide) groups is 1. The molecule has 1 atom stereocenters. The van der Waals surface area contributed by atoms with Gasteiger partial charge in [-0.2, -0.15) is 0 Å². The molecule has 0 aliphatic carbocycles. The first-order valence-electron chi connectivity index (χ1n) is 8.08. The zero-order chi connectivity index (χ0) is 19.4. The van der Waals surface area contributed by atoms with Gasteiger partial charge < -0.3 is 10.5 Å². The molecule has 3 aromatic rings. The van der Waals surface area contributed by atoms with E-state index in [2.05, 4.69) is 9.72 Å². The minimum absolute atomic E-state index is 0.219. The number of primary amides is 1. The fraction of sp³-hybridized carbons (Fsp3) is 0.158. The summed E-state index contributed by atoms with van der Waals surface area (Å²) in [5.41, 5.74) is 6.35. The third-order valence-electron chi connectivity index (χ3n) is 3.93. The van der Waals surface area contributed by atoms with Crippen molar-refractivity contribution in [3.8, 4) is 0 Å². The topological polar surface area (TPSA) is 104 Å². The van der Waals surface area contributed by atoms with Crippen LogP contribution in [-0.2, 0) is 20.9 Å². The first-order valence-corrected chi connectivity index (χ1v) is 8.96. The number of hydrogen-bond donors (Lipinski definition) is 1. The van der Waals surface area contributed by atoms with Gasteiger partial charge in [-0.05, 0) is 17.7 Å². The van der Waals surface area contributed by atoms with Gasteiger partial charge >= 0.3 is 5.97 Å². The highest BCUT2D eigenvalue weighted by Gasteiger charge is 2.24. The van der Waals surface area contributed by atoms with Gasteiger partial charge in [-0.15, -0.1) is 0 Å². The molecule has 1 amide bonds. The van der Waals surface area contributed by atoms with Crippen LogP contribution in [0.3, 0.4) is 0 Å². The van der Waals surface area contributed by atoms with E-state index in [1.54, 1.807) is 48.5 Å². The quantitative estimate of drug-likeness (QED) is 0.396. The molecule has 3 rings (SSSR count). The lowest BCUT2D eigenvalue weighted by atomic mass is 10.1. The summed E-state index contributed by atoms with van der Waals surface area (Å²) in [4.78, 5) is 41.2. The molecular formula is C19H17N3O4S. The van der Waals surface area contributed by atoms with E-state index in [4.69, 9.17) is 5.73 Å². The Morgan fingerprint density at radius 1 is 1.15 bits per heavy atom. The van der Waals surface area contributed by atoms with E-state index in [0.29, 0.717) is 16.5 Å². The van der Waals surface area contributed by atoms with Crippen molar-refractivity contribution in [3.05, 3.63) is 70.5 Å². The molecule has 27 heavy (non-hydrogen) atoms. The molecule has 1 heterocycles. The monoisotopic (exact) mass is 383 g/mol. The van der Waals surface area contributed by atoms with Gasteiger partial charge in [-0.25, -0.2) is 4.98 Å². The predicted octanol–water partition coefficient (Wildman–Crippen LogP) is 1.89. The molecule has 2 aromatic carbocycles. The SMILES string of the molecule is COC(=O)Cn1c(SC(C(N)=O)c2ccccc2)nc2ccccc2c1=O. The fourth-order valence-electron chi connectivity index (χ4n) is 2.59. The lowest BCUT2D eigenvalue weighted by molar-refractivity contribution is -0.141. The maximum Gasteiger partial charge on any atom is 0.325 e. The summed E-state index contributed by atoms with van der Waals surface area (Å²) in [5.74, 6) is -1.16. The standard InChI is InChI=1S/C19H17N3O4S/c1-26-15(23)11-22-18(25)13-9-5-6-10-14(13)21-19(22)27-16(17(20)24)12-7-3-2-4-8-12/h2-10,16H,11H2,1H3,(H2,20,24). The number of carbonyl (C=O) groups excluding carboxylic acids is 2. The fourth-order valence-corrected chi connectivity index (χ4v) is 3.64. The largest absolute Gasteiger partial charge is 0.468 e. The first-order chi connectivity index (χ1) is 13.0. The lowest BCUT2D eigenvalue weighted by Gasteiger charge is -2.17. The van der Waals surface area contributed by atoms with Gasteiger partial charge in [0.05, 0.1) is 18.0 Å². The molecule has 7 nitrogen and oxygen atoms in total. The molecule has 2 N–H and O–H groups in total. The van der Waals surface area contributed by atoms with Crippen LogP contribution in [-0.4, -0.2) is 28.5 Å². The van der Waals surface area contributed by atoms with Crippen LogP contribution in [0.1, 0.15) is 10.8 Å². The Hall–Kier alpha value is -3.13. The number of benzene rings is 2. The van der Waals surface area contributed by atoms with Crippen LogP contribution in [0.25, 0.3) is 10.9 Å². The zero-order valence-electron chi connectivity index (χ0n) is 14.5. The maximum absolute atomic E-state index is 12.9. The van der Waals surface area contributed by atoms with Crippen molar-refractivity contribution in [1.82, 2.24) is 9.55 Å². The molecule has 0 bridgehead atoms. The highest BCUT2D eigenvalue weighted by molar-refractivity contribution is 8.00. The number of aromatic nitrogens is 2. The Bertz CT molecular complexity index is 1050. The molecule has 138 valence electrons. The normalized spacial score (nSPS) is 11.9. The summed E-state index contributed by atoms with van der Waals surface area (Å²) in [6.07, 6.45) is 0. The molecule has 1 unspecified atom stereocenters. The number of rotatable bonds is 6. The molecule has 0 saturated carbocycles. The van der Waals surface area contributed by atoms with Crippen LogP contribution in [0.4, 0.5) is 0 Å². The van der Waals surface area contributed by atoms with Gasteiger partial charge in [0.2, 0.25) is 5.91 Å². The number of hydrogen-bond acceptors (Lipinski definition) is 6. The molecular weight excluding hydrogens is 366 g/mol. The smallest absolute Gasteiger partial charge is 0.325 e. The highest BCUT2D eigenvalue weighted by Crippen LogP contribution is 2.34. The molecule has 0 fully saturated rings. The van der Waals surface area contributed by atoms with Crippen molar-refractivity contribution >= 4 is 34.5 Å². The zero-order valence-corrected chi connectivity index (χ0v) is 15.3. The van der Waals surface area contributed by atoms with Crippen molar-refractivity contribution in [1.29, 1.82) is 0 Å². The highest BCUT2D eigenvalue weighted by atomic mass is 32.2. The summed E-state index contributed by atoms with van der Waals surface area (Å²) in [6.45, 7) is -0.310. The number of para-hydroxylation sites is 1. The molecule has 0 spiro atoms. The average Bonchev–Trinajstić information content (AvgIpc) is 2.69. The molecule has 0 aliphatic rings. The van der Waals surface area contributed by atoms with Crippen LogP contribution in [0.5, 0.6) is 0 Å². The van der Waals surface area contributed by atoms with Crippen LogP contribution in [0, 0.1) is 0 Å². The number of nitrogens with zero attached hydrogens (tertiary/aromatic N) is 2. The second-order valence-electron chi connectivity index (χ2n) is 5.69. The number of esters is 1. The van der Waals surface area contributed by atoms with Crippen LogP contribution in [0.15, 0.2) is 64.5 Å². The van der Waals surface area contributed by atoms with E-state index in [0.717, 1.165) is 11.8 Å². The lowest BCUT2D eigenvalue weighted by Crippen LogP contribution is -2.28. The number of fused-ring (bicyclic) bond motifs is 1. The minimum atomic E-state index is -0.761. The number of nitrogens with two attached hydrogens (primary N) is 1. The Morgan fingerprint density at radius 3 is 2.48 bits per heavy atom.